The summed E-state index contributed by atoms with van der Waals surface area (Å²) in [4.78, 5) is 18.9. The van der Waals surface area contributed by atoms with Crippen LogP contribution in [0.1, 0.15) is 33.6 Å². The van der Waals surface area contributed by atoms with Gasteiger partial charge in [0.05, 0.1) is 0 Å². The molecule has 0 saturated carbocycles. The Bertz CT molecular complexity index is 816. The van der Waals surface area contributed by atoms with E-state index in [4.69, 9.17) is 4.99 Å². The fourth-order valence-electron chi connectivity index (χ4n) is 3.72. The van der Waals surface area contributed by atoms with Crippen LogP contribution in [0.3, 0.4) is 0 Å². The number of rotatable bonds is 7. The van der Waals surface area contributed by atoms with Crippen LogP contribution in [0.5, 0.6) is 0 Å². The number of aromatic nitrogens is 1. The number of benzene rings is 1. The van der Waals surface area contributed by atoms with E-state index in [0.717, 1.165) is 51.5 Å². The lowest BCUT2D eigenvalue weighted by Crippen LogP contribution is -2.45. The summed E-state index contributed by atoms with van der Waals surface area (Å²) in [6, 6.07) is 10.9. The Balaban J connectivity index is 0.00000300. The van der Waals surface area contributed by atoms with Crippen LogP contribution in [0.4, 0.5) is 0 Å². The van der Waals surface area contributed by atoms with Crippen molar-refractivity contribution in [2.45, 2.75) is 46.2 Å². The van der Waals surface area contributed by atoms with Crippen LogP contribution in [0.2, 0.25) is 0 Å². The molecule has 1 aromatic carbocycles. The summed E-state index contributed by atoms with van der Waals surface area (Å²) in [5.41, 5.74) is 1.28. The molecular weight excluding hydrogens is 477 g/mol. The molecule has 1 unspecified atom stereocenters. The molecule has 0 aliphatic carbocycles. The fourth-order valence-corrected chi connectivity index (χ4v) is 3.72. The summed E-state index contributed by atoms with van der Waals surface area (Å²) in [5.74, 6) is 1.15. The van der Waals surface area contributed by atoms with Gasteiger partial charge < -0.3 is 20.1 Å². The van der Waals surface area contributed by atoms with Crippen molar-refractivity contribution in [3.8, 4) is 0 Å². The van der Waals surface area contributed by atoms with Gasteiger partial charge in [0.15, 0.2) is 5.96 Å². The van der Waals surface area contributed by atoms with E-state index in [1.165, 1.54) is 10.9 Å². The number of hydrogen-bond acceptors (Lipinski definition) is 2. The van der Waals surface area contributed by atoms with Crippen molar-refractivity contribution < 1.29 is 4.79 Å². The molecule has 0 spiro atoms. The van der Waals surface area contributed by atoms with Crippen molar-refractivity contribution in [1.29, 1.82) is 0 Å². The summed E-state index contributed by atoms with van der Waals surface area (Å²) in [6.45, 7) is 10.1. The molecule has 6 nitrogen and oxygen atoms in total. The first-order valence-corrected chi connectivity index (χ1v) is 10.5. The van der Waals surface area contributed by atoms with Gasteiger partial charge in [0, 0.05) is 56.4 Å². The van der Waals surface area contributed by atoms with E-state index in [2.05, 4.69) is 58.7 Å². The molecule has 1 saturated heterocycles. The molecule has 160 valence electrons. The number of nitrogens with zero attached hydrogens (tertiary/aromatic N) is 3. The van der Waals surface area contributed by atoms with Gasteiger partial charge in [-0.3, -0.25) is 9.79 Å². The molecule has 1 aliphatic heterocycles. The highest BCUT2D eigenvalue weighted by atomic mass is 127. The molecule has 1 amide bonds. The van der Waals surface area contributed by atoms with E-state index >= 15 is 0 Å². The normalized spacial score (nSPS) is 16.9. The lowest BCUT2D eigenvalue weighted by Gasteiger charge is -2.20. The maximum atomic E-state index is 12.2. The molecule has 0 bridgehead atoms. The van der Waals surface area contributed by atoms with Crippen molar-refractivity contribution in [1.82, 2.24) is 20.1 Å². The van der Waals surface area contributed by atoms with Crippen molar-refractivity contribution in [2.24, 2.45) is 10.9 Å². The van der Waals surface area contributed by atoms with E-state index in [0.29, 0.717) is 0 Å². The molecule has 1 atom stereocenters. The first-order chi connectivity index (χ1) is 13.6. The molecule has 7 heteroatoms. The SMILES string of the molecule is CCNC(=NCCCn1ccc2ccccc21)NC1CCN(C(=O)C(C)C)C1.I. The van der Waals surface area contributed by atoms with Crippen LogP contribution < -0.4 is 10.6 Å². The number of likely N-dealkylation sites (tertiary alicyclic amines) is 1. The van der Waals surface area contributed by atoms with E-state index in [1.54, 1.807) is 0 Å². The van der Waals surface area contributed by atoms with Crippen LogP contribution in [0.15, 0.2) is 41.5 Å². The highest BCUT2D eigenvalue weighted by Crippen LogP contribution is 2.15. The smallest absolute Gasteiger partial charge is 0.225 e. The van der Waals surface area contributed by atoms with Gasteiger partial charge in [-0.25, -0.2) is 0 Å². The summed E-state index contributed by atoms with van der Waals surface area (Å²) < 4.78 is 2.29. The Morgan fingerprint density at radius 3 is 2.83 bits per heavy atom. The van der Waals surface area contributed by atoms with Crippen molar-refractivity contribution in [3.05, 3.63) is 36.5 Å². The number of halogens is 1. The number of carbonyl (C=O) groups is 1. The van der Waals surface area contributed by atoms with Gasteiger partial charge in [-0.05, 0) is 37.3 Å². The van der Waals surface area contributed by atoms with Crippen molar-refractivity contribution >= 4 is 46.7 Å². The second-order valence-electron chi connectivity index (χ2n) is 7.75. The van der Waals surface area contributed by atoms with Crippen LogP contribution in [-0.4, -0.2) is 53.6 Å². The number of para-hydroxylation sites is 1. The van der Waals surface area contributed by atoms with Gasteiger partial charge >= 0.3 is 0 Å². The summed E-state index contributed by atoms with van der Waals surface area (Å²) in [5, 5.41) is 8.11. The van der Waals surface area contributed by atoms with Crippen LogP contribution >= 0.6 is 24.0 Å². The fraction of sp³-hybridized carbons (Fsp3) is 0.545. The van der Waals surface area contributed by atoms with Gasteiger partial charge in [-0.15, -0.1) is 24.0 Å². The topological polar surface area (TPSA) is 61.7 Å². The number of aryl methyl sites for hydroxylation is 1. The lowest BCUT2D eigenvalue weighted by molar-refractivity contribution is -0.133. The second kappa shape index (κ2) is 11.4. The minimum absolute atomic E-state index is 0. The third-order valence-corrected chi connectivity index (χ3v) is 5.19. The van der Waals surface area contributed by atoms with E-state index in [9.17, 15) is 4.79 Å². The standard InChI is InChI=1S/C22H33N5O.HI/c1-4-23-22(25-19-11-15-27(16-19)21(28)17(2)3)24-12-7-13-26-14-10-18-8-5-6-9-20(18)26;/h5-6,8-10,14,17,19H,4,7,11-13,15-16H2,1-3H3,(H2,23,24,25);1H. The van der Waals surface area contributed by atoms with Gasteiger partial charge in [-0.2, -0.15) is 0 Å². The van der Waals surface area contributed by atoms with E-state index in [-0.39, 0.29) is 41.8 Å². The summed E-state index contributed by atoms with van der Waals surface area (Å²) in [6.07, 6.45) is 4.10. The number of guanidine groups is 1. The van der Waals surface area contributed by atoms with Gasteiger partial charge in [0.25, 0.3) is 0 Å². The molecule has 29 heavy (non-hydrogen) atoms. The lowest BCUT2D eigenvalue weighted by atomic mass is 10.2. The molecule has 2 N–H and O–H groups in total. The average molecular weight is 511 g/mol. The zero-order valence-electron chi connectivity index (χ0n) is 17.7. The molecule has 0 radical (unpaired) electrons. The average Bonchev–Trinajstić information content (AvgIpc) is 3.32. The Labute approximate surface area is 191 Å². The molecule has 2 heterocycles. The Morgan fingerprint density at radius 2 is 2.07 bits per heavy atom. The van der Waals surface area contributed by atoms with Gasteiger partial charge in [-0.1, -0.05) is 32.0 Å². The quantitative estimate of drug-likeness (QED) is 0.259. The monoisotopic (exact) mass is 511 g/mol. The van der Waals surface area contributed by atoms with Gasteiger partial charge in [0.1, 0.15) is 0 Å². The van der Waals surface area contributed by atoms with Gasteiger partial charge in [0.2, 0.25) is 5.91 Å². The molecule has 3 rings (SSSR count). The zero-order valence-corrected chi connectivity index (χ0v) is 20.1. The number of amides is 1. The molecular formula is C22H34IN5O. The van der Waals surface area contributed by atoms with E-state index in [1.807, 2.05) is 18.7 Å². The van der Waals surface area contributed by atoms with Crippen molar-refractivity contribution in [2.75, 3.05) is 26.2 Å². The molecule has 1 aliphatic rings. The molecule has 2 aromatic rings. The first kappa shape index (κ1) is 23.5. The Kier molecular flexibility index (Phi) is 9.26. The maximum Gasteiger partial charge on any atom is 0.225 e. The number of carbonyl (C=O) groups excluding carboxylic acids is 1. The van der Waals surface area contributed by atoms with Crippen LogP contribution in [-0.2, 0) is 11.3 Å². The summed E-state index contributed by atoms with van der Waals surface area (Å²) in [7, 11) is 0. The Hall–Kier alpha value is -1.77. The largest absolute Gasteiger partial charge is 0.357 e. The second-order valence-corrected chi connectivity index (χ2v) is 7.75. The minimum Gasteiger partial charge on any atom is -0.357 e. The maximum absolute atomic E-state index is 12.2. The molecule has 1 fully saturated rings. The number of nitrogens with one attached hydrogen (secondary N) is 2. The summed E-state index contributed by atoms with van der Waals surface area (Å²) >= 11 is 0. The predicted octanol–water partition coefficient (Wildman–Crippen LogP) is 3.46. The zero-order chi connectivity index (χ0) is 19.9. The van der Waals surface area contributed by atoms with Crippen LogP contribution in [0.25, 0.3) is 10.9 Å². The van der Waals surface area contributed by atoms with E-state index < -0.39 is 0 Å². The van der Waals surface area contributed by atoms with Crippen LogP contribution in [0, 0.1) is 5.92 Å². The minimum atomic E-state index is 0. The highest BCUT2D eigenvalue weighted by Gasteiger charge is 2.27. The first-order valence-electron chi connectivity index (χ1n) is 10.5. The number of aliphatic imine (C=N–C) groups is 1. The predicted molar refractivity (Wildman–Crippen MR) is 131 cm³/mol. The third-order valence-electron chi connectivity index (χ3n) is 5.19. The number of fused-ring (bicyclic) bond motifs is 1. The highest BCUT2D eigenvalue weighted by molar-refractivity contribution is 14.0. The molecule has 1 aromatic heterocycles. The van der Waals surface area contributed by atoms with Crippen molar-refractivity contribution in [3.63, 3.8) is 0 Å². The third kappa shape index (κ3) is 6.35. The Morgan fingerprint density at radius 1 is 1.28 bits per heavy atom. The number of hydrogen-bond donors (Lipinski definition) is 2.